The average Bonchev–Trinajstić information content (AvgIpc) is 2.15. The topological polar surface area (TPSA) is 17.1 Å². The molecule has 0 amide bonds. The number of hydrogen-bond donors (Lipinski definition) is 0. The van der Waals surface area contributed by atoms with Crippen molar-refractivity contribution in [2.45, 2.75) is 0 Å². The Hall–Kier alpha value is -0.730. The van der Waals surface area contributed by atoms with Gasteiger partial charge >= 0.3 is 0 Å². The van der Waals surface area contributed by atoms with E-state index in [2.05, 4.69) is 0 Å². The second kappa shape index (κ2) is 5.10. The summed E-state index contributed by atoms with van der Waals surface area (Å²) in [7, 11) is 0. The van der Waals surface area contributed by atoms with Gasteiger partial charge in [0.1, 0.15) is 0 Å². The van der Waals surface area contributed by atoms with E-state index in [1.54, 1.807) is 35.7 Å². The lowest BCUT2D eigenvalue weighted by Crippen LogP contribution is -1.92. The highest BCUT2D eigenvalue weighted by Gasteiger charge is 1.99. The summed E-state index contributed by atoms with van der Waals surface area (Å²) in [4.78, 5) is 11.4. The first-order valence-electron chi connectivity index (χ1n) is 3.73. The lowest BCUT2D eigenvalue weighted by Gasteiger charge is -1.94. The van der Waals surface area contributed by atoms with Crippen molar-refractivity contribution in [3.63, 3.8) is 0 Å². The van der Waals surface area contributed by atoms with E-state index in [9.17, 15) is 4.79 Å². The predicted octanol–water partition coefficient (Wildman–Crippen LogP) is 3.40. The van der Waals surface area contributed by atoms with E-state index in [-0.39, 0.29) is 5.78 Å². The number of thioether (sulfide) groups is 1. The first-order chi connectivity index (χ1) is 6.24. The summed E-state index contributed by atoms with van der Waals surface area (Å²) in [5, 5.41) is 2.40. The molecule has 0 saturated heterocycles. The van der Waals surface area contributed by atoms with Gasteiger partial charge in [0.2, 0.25) is 0 Å². The van der Waals surface area contributed by atoms with Crippen LogP contribution in [-0.2, 0) is 0 Å². The number of carbonyl (C=O) groups is 1. The van der Waals surface area contributed by atoms with Crippen LogP contribution in [0, 0.1) is 0 Å². The van der Waals surface area contributed by atoms with E-state index in [1.165, 1.54) is 11.8 Å². The van der Waals surface area contributed by atoms with Gasteiger partial charge in [0.15, 0.2) is 5.78 Å². The van der Waals surface area contributed by atoms with E-state index in [1.807, 2.05) is 6.26 Å². The van der Waals surface area contributed by atoms with Crippen LogP contribution in [-0.4, -0.2) is 12.0 Å². The molecule has 0 N–H and O–H groups in total. The van der Waals surface area contributed by atoms with Crippen LogP contribution in [0.25, 0.3) is 0 Å². The van der Waals surface area contributed by atoms with Gasteiger partial charge in [-0.3, -0.25) is 4.79 Å². The third-order valence-electron chi connectivity index (χ3n) is 1.48. The van der Waals surface area contributed by atoms with Gasteiger partial charge in [-0.2, -0.15) is 0 Å². The molecule has 1 rings (SSSR count). The van der Waals surface area contributed by atoms with Gasteiger partial charge in [-0.05, 0) is 42.0 Å². The Kier molecular flexibility index (Phi) is 4.06. The Labute approximate surface area is 86.8 Å². The quantitative estimate of drug-likeness (QED) is 0.564. The number of carbonyl (C=O) groups excluding carboxylic acids is 1. The Balaban J connectivity index is 2.78. The zero-order chi connectivity index (χ0) is 9.68. The Morgan fingerprint density at radius 3 is 2.54 bits per heavy atom. The molecule has 0 radical (unpaired) electrons. The molecule has 0 saturated carbocycles. The van der Waals surface area contributed by atoms with Crippen LogP contribution >= 0.6 is 23.4 Å². The van der Waals surface area contributed by atoms with Crippen LogP contribution in [0.4, 0.5) is 0 Å². The molecule has 13 heavy (non-hydrogen) atoms. The van der Waals surface area contributed by atoms with E-state index < -0.39 is 0 Å². The highest BCUT2D eigenvalue weighted by molar-refractivity contribution is 8.01. The lowest BCUT2D eigenvalue weighted by molar-refractivity contribution is 0.104. The van der Waals surface area contributed by atoms with Crippen LogP contribution < -0.4 is 0 Å². The van der Waals surface area contributed by atoms with Gasteiger partial charge in [0.25, 0.3) is 0 Å². The van der Waals surface area contributed by atoms with Gasteiger partial charge < -0.3 is 0 Å². The number of hydrogen-bond acceptors (Lipinski definition) is 2. The molecule has 3 heteroatoms. The molecule has 0 spiro atoms. The van der Waals surface area contributed by atoms with Gasteiger partial charge in [0.05, 0.1) is 0 Å². The molecule has 0 unspecified atom stereocenters. The first kappa shape index (κ1) is 10.4. The zero-order valence-corrected chi connectivity index (χ0v) is 8.73. The summed E-state index contributed by atoms with van der Waals surface area (Å²) in [5.41, 5.74) is 0.662. The van der Waals surface area contributed by atoms with Gasteiger partial charge in [-0.25, -0.2) is 0 Å². The van der Waals surface area contributed by atoms with Crippen molar-refractivity contribution in [1.29, 1.82) is 0 Å². The fraction of sp³-hybridized carbons (Fsp3) is 0.100. The van der Waals surface area contributed by atoms with Crippen LogP contribution in [0.1, 0.15) is 10.4 Å². The molecular formula is C10H9ClOS. The van der Waals surface area contributed by atoms with Crippen molar-refractivity contribution >= 4 is 29.1 Å². The van der Waals surface area contributed by atoms with E-state index >= 15 is 0 Å². The van der Waals surface area contributed by atoms with Crippen molar-refractivity contribution in [3.05, 3.63) is 46.3 Å². The summed E-state index contributed by atoms with van der Waals surface area (Å²) >= 11 is 7.19. The molecule has 0 aromatic heterocycles. The van der Waals surface area contributed by atoms with Crippen molar-refractivity contribution in [2.24, 2.45) is 0 Å². The monoisotopic (exact) mass is 212 g/mol. The smallest absolute Gasteiger partial charge is 0.186 e. The van der Waals surface area contributed by atoms with E-state index in [4.69, 9.17) is 11.6 Å². The number of allylic oxidation sites excluding steroid dienone is 1. The average molecular weight is 213 g/mol. The van der Waals surface area contributed by atoms with Gasteiger partial charge in [-0.1, -0.05) is 11.6 Å². The number of rotatable bonds is 3. The summed E-state index contributed by atoms with van der Waals surface area (Å²) in [6.07, 6.45) is 3.46. The van der Waals surface area contributed by atoms with Crippen LogP contribution in [0.15, 0.2) is 35.7 Å². The summed E-state index contributed by atoms with van der Waals surface area (Å²) < 4.78 is 0. The number of halogens is 1. The Morgan fingerprint density at radius 2 is 2.00 bits per heavy atom. The fourth-order valence-corrected chi connectivity index (χ4v) is 1.23. The van der Waals surface area contributed by atoms with Crippen molar-refractivity contribution in [3.8, 4) is 0 Å². The van der Waals surface area contributed by atoms with Crippen molar-refractivity contribution < 1.29 is 4.79 Å². The molecule has 1 aromatic carbocycles. The first-order valence-corrected chi connectivity index (χ1v) is 5.40. The molecule has 0 bridgehead atoms. The standard InChI is InChI=1S/C10H9ClOS/c1-13-7-6-10(12)8-2-4-9(11)5-3-8/h2-7H,1H3/b7-6+. The lowest BCUT2D eigenvalue weighted by atomic mass is 10.1. The summed E-state index contributed by atoms with van der Waals surface area (Å²) in [6.45, 7) is 0. The van der Waals surface area contributed by atoms with Crippen LogP contribution in [0.2, 0.25) is 5.02 Å². The molecule has 1 nitrogen and oxygen atoms in total. The molecule has 0 aliphatic carbocycles. The normalized spacial score (nSPS) is 10.6. The van der Waals surface area contributed by atoms with Gasteiger partial charge in [-0.15, -0.1) is 11.8 Å². The summed E-state index contributed by atoms with van der Waals surface area (Å²) in [6, 6.07) is 6.86. The largest absolute Gasteiger partial charge is 0.289 e. The third-order valence-corrected chi connectivity index (χ3v) is 2.14. The maximum Gasteiger partial charge on any atom is 0.186 e. The molecule has 68 valence electrons. The van der Waals surface area contributed by atoms with E-state index in [0.717, 1.165) is 0 Å². The zero-order valence-electron chi connectivity index (χ0n) is 7.16. The molecule has 1 aromatic rings. The maximum atomic E-state index is 11.4. The Bertz CT molecular complexity index is 316. The molecule has 0 aliphatic heterocycles. The maximum absolute atomic E-state index is 11.4. The molecule has 0 aliphatic rings. The molecule has 0 heterocycles. The highest BCUT2D eigenvalue weighted by atomic mass is 35.5. The van der Waals surface area contributed by atoms with Crippen LogP contribution in [0.5, 0.6) is 0 Å². The van der Waals surface area contributed by atoms with Crippen LogP contribution in [0.3, 0.4) is 0 Å². The molecular weight excluding hydrogens is 204 g/mol. The van der Waals surface area contributed by atoms with Crippen molar-refractivity contribution in [1.82, 2.24) is 0 Å². The second-order valence-electron chi connectivity index (χ2n) is 2.41. The predicted molar refractivity (Wildman–Crippen MR) is 58.4 cm³/mol. The minimum absolute atomic E-state index is 0.00557. The Morgan fingerprint density at radius 1 is 1.38 bits per heavy atom. The number of ketones is 1. The SMILES string of the molecule is CS/C=C/C(=O)c1ccc(Cl)cc1. The third kappa shape index (κ3) is 3.25. The van der Waals surface area contributed by atoms with Crippen molar-refractivity contribution in [2.75, 3.05) is 6.26 Å². The fourth-order valence-electron chi connectivity index (χ4n) is 0.840. The minimum Gasteiger partial charge on any atom is -0.289 e. The number of benzene rings is 1. The highest BCUT2D eigenvalue weighted by Crippen LogP contribution is 2.10. The van der Waals surface area contributed by atoms with Gasteiger partial charge in [0, 0.05) is 10.6 Å². The molecule has 0 atom stereocenters. The minimum atomic E-state index is 0.00557. The van der Waals surface area contributed by atoms with E-state index in [0.29, 0.717) is 10.6 Å². The molecule has 0 fully saturated rings. The second-order valence-corrected chi connectivity index (χ2v) is 3.59. The summed E-state index contributed by atoms with van der Waals surface area (Å²) in [5.74, 6) is 0.00557.